The van der Waals surface area contributed by atoms with Crippen LogP contribution in [0.1, 0.15) is 11.6 Å². The summed E-state index contributed by atoms with van der Waals surface area (Å²) in [6.45, 7) is 0. The van der Waals surface area contributed by atoms with Crippen molar-refractivity contribution in [2.45, 2.75) is 6.04 Å². The Hall–Kier alpha value is -1.84. The van der Waals surface area contributed by atoms with E-state index in [9.17, 15) is 0 Å². The number of nitrogens with zero attached hydrogens (tertiary/aromatic N) is 3. The molecular formula is C15H11Cl2N3. The SMILES string of the molecule is Clc1cccc(N2C=NC=CC2c2ccc(Cl)nc2)c1. The van der Waals surface area contributed by atoms with E-state index >= 15 is 0 Å². The summed E-state index contributed by atoms with van der Waals surface area (Å²) in [4.78, 5) is 10.4. The second kappa shape index (κ2) is 5.65. The van der Waals surface area contributed by atoms with Crippen LogP contribution in [0.2, 0.25) is 10.2 Å². The molecule has 0 saturated heterocycles. The zero-order valence-electron chi connectivity index (χ0n) is 10.4. The van der Waals surface area contributed by atoms with E-state index in [4.69, 9.17) is 23.2 Å². The van der Waals surface area contributed by atoms with Crippen molar-refractivity contribution in [3.05, 3.63) is 70.6 Å². The van der Waals surface area contributed by atoms with Crippen molar-refractivity contribution in [3.8, 4) is 0 Å². The molecule has 1 aliphatic rings. The molecule has 1 aliphatic heterocycles. The van der Waals surface area contributed by atoms with Crippen molar-refractivity contribution in [1.82, 2.24) is 4.98 Å². The lowest BCUT2D eigenvalue weighted by atomic mass is 10.1. The molecule has 0 spiro atoms. The Labute approximate surface area is 127 Å². The summed E-state index contributed by atoms with van der Waals surface area (Å²) in [6, 6.07) is 11.4. The third-order valence-corrected chi connectivity index (χ3v) is 3.50. The lowest BCUT2D eigenvalue weighted by Gasteiger charge is -2.29. The minimum absolute atomic E-state index is 0.0238. The number of anilines is 1. The van der Waals surface area contributed by atoms with Crippen molar-refractivity contribution in [1.29, 1.82) is 0 Å². The molecule has 20 heavy (non-hydrogen) atoms. The maximum absolute atomic E-state index is 6.06. The number of pyridine rings is 1. The van der Waals surface area contributed by atoms with Crippen LogP contribution >= 0.6 is 23.2 Å². The summed E-state index contributed by atoms with van der Waals surface area (Å²) in [6.07, 6.45) is 7.34. The molecule has 0 N–H and O–H groups in total. The largest absolute Gasteiger partial charge is 0.321 e. The number of hydrogen-bond acceptors (Lipinski definition) is 3. The fourth-order valence-electron chi connectivity index (χ4n) is 2.10. The molecule has 0 saturated carbocycles. The molecular weight excluding hydrogens is 293 g/mol. The summed E-state index contributed by atoms with van der Waals surface area (Å²) < 4.78 is 0. The predicted octanol–water partition coefficient (Wildman–Crippen LogP) is 4.49. The van der Waals surface area contributed by atoms with Gasteiger partial charge < -0.3 is 4.90 Å². The molecule has 1 unspecified atom stereocenters. The Balaban J connectivity index is 1.98. The van der Waals surface area contributed by atoms with Crippen molar-refractivity contribution in [2.24, 2.45) is 4.99 Å². The monoisotopic (exact) mass is 303 g/mol. The molecule has 0 aliphatic carbocycles. The van der Waals surface area contributed by atoms with Gasteiger partial charge in [-0.3, -0.25) is 0 Å². The van der Waals surface area contributed by atoms with E-state index in [1.165, 1.54) is 0 Å². The summed E-state index contributed by atoms with van der Waals surface area (Å²) in [5, 5.41) is 1.18. The maximum Gasteiger partial charge on any atom is 0.129 e. The quantitative estimate of drug-likeness (QED) is 0.765. The zero-order valence-corrected chi connectivity index (χ0v) is 12.0. The van der Waals surface area contributed by atoms with Crippen LogP contribution in [0.5, 0.6) is 0 Å². The Morgan fingerprint density at radius 3 is 2.75 bits per heavy atom. The Morgan fingerprint density at radius 2 is 2.00 bits per heavy atom. The number of rotatable bonds is 2. The minimum Gasteiger partial charge on any atom is -0.321 e. The molecule has 1 atom stereocenters. The first-order chi connectivity index (χ1) is 9.74. The van der Waals surface area contributed by atoms with Crippen molar-refractivity contribution in [2.75, 3.05) is 4.90 Å². The summed E-state index contributed by atoms with van der Waals surface area (Å²) in [5.74, 6) is 0. The number of benzene rings is 1. The molecule has 2 aromatic rings. The maximum atomic E-state index is 6.06. The summed E-state index contributed by atoms with van der Waals surface area (Å²) in [5.41, 5.74) is 2.02. The van der Waals surface area contributed by atoms with Gasteiger partial charge in [0.15, 0.2) is 0 Å². The number of halogens is 2. The summed E-state index contributed by atoms with van der Waals surface area (Å²) >= 11 is 11.9. The average molecular weight is 304 g/mol. The van der Waals surface area contributed by atoms with Gasteiger partial charge >= 0.3 is 0 Å². The molecule has 3 nitrogen and oxygen atoms in total. The third-order valence-electron chi connectivity index (χ3n) is 3.04. The van der Waals surface area contributed by atoms with E-state index in [2.05, 4.69) is 9.98 Å². The fraction of sp³-hybridized carbons (Fsp3) is 0.0667. The molecule has 0 fully saturated rings. The highest BCUT2D eigenvalue weighted by Gasteiger charge is 2.19. The van der Waals surface area contributed by atoms with Crippen LogP contribution in [0.4, 0.5) is 5.69 Å². The van der Waals surface area contributed by atoms with Gasteiger partial charge in [0.05, 0.1) is 12.4 Å². The van der Waals surface area contributed by atoms with Gasteiger partial charge in [0.25, 0.3) is 0 Å². The van der Waals surface area contributed by atoms with Gasteiger partial charge in [-0.2, -0.15) is 0 Å². The molecule has 2 heterocycles. The Morgan fingerprint density at radius 1 is 1.10 bits per heavy atom. The molecule has 1 aromatic heterocycles. The average Bonchev–Trinajstić information content (AvgIpc) is 2.48. The number of hydrogen-bond donors (Lipinski definition) is 0. The van der Waals surface area contributed by atoms with E-state index in [0.717, 1.165) is 11.3 Å². The van der Waals surface area contributed by atoms with Crippen molar-refractivity contribution in [3.63, 3.8) is 0 Å². The molecule has 0 amide bonds. The van der Waals surface area contributed by atoms with Crippen molar-refractivity contribution < 1.29 is 0 Å². The van der Waals surface area contributed by atoms with Gasteiger partial charge in [0, 0.05) is 23.1 Å². The van der Waals surface area contributed by atoms with Crippen LogP contribution in [-0.4, -0.2) is 11.3 Å². The molecule has 100 valence electrons. The molecule has 0 radical (unpaired) electrons. The lowest BCUT2D eigenvalue weighted by molar-refractivity contribution is 0.861. The van der Waals surface area contributed by atoms with Crippen LogP contribution < -0.4 is 4.90 Å². The Kier molecular flexibility index (Phi) is 3.72. The van der Waals surface area contributed by atoms with E-state index in [-0.39, 0.29) is 6.04 Å². The fourth-order valence-corrected chi connectivity index (χ4v) is 2.40. The van der Waals surface area contributed by atoms with Gasteiger partial charge in [-0.25, -0.2) is 9.98 Å². The highest BCUT2D eigenvalue weighted by atomic mass is 35.5. The van der Waals surface area contributed by atoms with Crippen molar-refractivity contribution >= 4 is 35.2 Å². The second-order valence-corrected chi connectivity index (χ2v) is 5.18. The van der Waals surface area contributed by atoms with Gasteiger partial charge in [-0.1, -0.05) is 35.3 Å². The normalized spacial score (nSPS) is 17.5. The summed E-state index contributed by atoms with van der Waals surface area (Å²) in [7, 11) is 0. The van der Waals surface area contributed by atoms with Crippen LogP contribution in [0.25, 0.3) is 0 Å². The Bertz CT molecular complexity index is 665. The van der Waals surface area contributed by atoms with Crippen LogP contribution in [0.15, 0.2) is 59.9 Å². The van der Waals surface area contributed by atoms with Gasteiger partial charge in [0.1, 0.15) is 5.15 Å². The van der Waals surface area contributed by atoms with Gasteiger partial charge in [-0.05, 0) is 35.9 Å². The second-order valence-electron chi connectivity index (χ2n) is 4.35. The molecule has 1 aromatic carbocycles. The van der Waals surface area contributed by atoms with E-state index in [1.54, 1.807) is 24.8 Å². The molecule has 3 rings (SSSR count). The van der Waals surface area contributed by atoms with Gasteiger partial charge in [0.2, 0.25) is 0 Å². The van der Waals surface area contributed by atoms with Crippen LogP contribution in [-0.2, 0) is 0 Å². The highest BCUT2D eigenvalue weighted by Crippen LogP contribution is 2.30. The molecule has 0 bridgehead atoms. The van der Waals surface area contributed by atoms with E-state index in [0.29, 0.717) is 10.2 Å². The van der Waals surface area contributed by atoms with Crippen LogP contribution in [0, 0.1) is 0 Å². The molecule has 5 heteroatoms. The van der Waals surface area contributed by atoms with E-state index < -0.39 is 0 Å². The third kappa shape index (κ3) is 2.69. The first-order valence-electron chi connectivity index (χ1n) is 6.09. The van der Waals surface area contributed by atoms with E-state index in [1.807, 2.05) is 41.3 Å². The minimum atomic E-state index is 0.0238. The highest BCUT2D eigenvalue weighted by molar-refractivity contribution is 6.31. The number of aliphatic imine (C=N–C) groups is 1. The van der Waals surface area contributed by atoms with Gasteiger partial charge in [-0.15, -0.1) is 0 Å². The predicted molar refractivity (Wildman–Crippen MR) is 83.6 cm³/mol. The first-order valence-corrected chi connectivity index (χ1v) is 6.85. The zero-order chi connectivity index (χ0) is 13.9. The smallest absolute Gasteiger partial charge is 0.129 e. The lowest BCUT2D eigenvalue weighted by Crippen LogP contribution is -2.27. The first kappa shape index (κ1) is 13.2. The van der Waals surface area contributed by atoms with Crippen LogP contribution in [0.3, 0.4) is 0 Å². The topological polar surface area (TPSA) is 28.5 Å². The standard InChI is InChI=1S/C15H11Cl2N3/c16-12-2-1-3-13(8-12)20-10-18-7-6-14(20)11-4-5-15(17)19-9-11/h1-10,14H. The number of aromatic nitrogens is 1.